The van der Waals surface area contributed by atoms with Gasteiger partial charge < -0.3 is 4.42 Å². The Balaban J connectivity index is 1.68. The molecule has 1 heterocycles. The Morgan fingerprint density at radius 3 is 2.39 bits per heavy atom. The van der Waals surface area contributed by atoms with Crippen molar-refractivity contribution in [2.24, 2.45) is 0 Å². The van der Waals surface area contributed by atoms with Crippen molar-refractivity contribution < 1.29 is 17.6 Å². The lowest BCUT2D eigenvalue weighted by Gasteiger charge is -2.16. The lowest BCUT2D eigenvalue weighted by molar-refractivity contribution is 0.102. The van der Waals surface area contributed by atoms with Crippen LogP contribution in [0.25, 0.3) is 11.5 Å². The molecule has 0 aliphatic carbocycles. The number of benzene rings is 2. The number of hydrogen-bond donors (Lipinski definition) is 1. The molecule has 1 N–H and O–H groups in total. The van der Waals surface area contributed by atoms with Crippen LogP contribution in [0.4, 0.5) is 6.01 Å². The highest BCUT2D eigenvalue weighted by molar-refractivity contribution is 7.98. The van der Waals surface area contributed by atoms with E-state index >= 15 is 0 Å². The maximum atomic E-state index is 12.6. The molecular formula is C21H24N4O4S2. The fourth-order valence-corrected chi connectivity index (χ4v) is 4.37. The van der Waals surface area contributed by atoms with Gasteiger partial charge in [0.1, 0.15) is 0 Å². The molecule has 8 nitrogen and oxygen atoms in total. The third-order valence-corrected chi connectivity index (χ3v) is 7.25. The fraction of sp³-hybridized carbons (Fsp3) is 0.286. The molecule has 0 saturated carbocycles. The van der Waals surface area contributed by atoms with Crippen molar-refractivity contribution in [3.63, 3.8) is 0 Å². The van der Waals surface area contributed by atoms with Crippen molar-refractivity contribution in [2.75, 3.05) is 25.2 Å². The molecule has 0 atom stereocenters. The highest BCUT2D eigenvalue weighted by Crippen LogP contribution is 2.23. The summed E-state index contributed by atoms with van der Waals surface area (Å²) in [6.07, 6.45) is 3.67. The Morgan fingerprint density at radius 2 is 1.77 bits per heavy atom. The van der Waals surface area contributed by atoms with Crippen molar-refractivity contribution in [1.29, 1.82) is 0 Å². The number of rotatable bonds is 9. The molecule has 31 heavy (non-hydrogen) atoms. The number of carbonyl (C=O) groups is 1. The van der Waals surface area contributed by atoms with Gasteiger partial charge in [0, 0.05) is 29.6 Å². The van der Waals surface area contributed by atoms with Gasteiger partial charge in [-0.05, 0) is 61.2 Å². The summed E-state index contributed by atoms with van der Waals surface area (Å²) in [5, 5.41) is 10.3. The van der Waals surface area contributed by atoms with Crippen molar-refractivity contribution in [3.05, 3.63) is 54.1 Å². The van der Waals surface area contributed by atoms with Crippen LogP contribution in [0.3, 0.4) is 0 Å². The molecule has 3 rings (SSSR count). The van der Waals surface area contributed by atoms with Crippen LogP contribution in [0.5, 0.6) is 0 Å². The van der Waals surface area contributed by atoms with E-state index in [4.69, 9.17) is 4.42 Å². The third-order valence-electron chi connectivity index (χ3n) is 4.63. The van der Waals surface area contributed by atoms with Crippen LogP contribution >= 0.6 is 11.8 Å². The first-order chi connectivity index (χ1) is 14.8. The molecule has 164 valence electrons. The van der Waals surface area contributed by atoms with Crippen molar-refractivity contribution in [3.8, 4) is 11.5 Å². The van der Waals surface area contributed by atoms with Gasteiger partial charge in [0.15, 0.2) is 0 Å². The highest BCUT2D eigenvalue weighted by Gasteiger charge is 2.21. The van der Waals surface area contributed by atoms with Crippen molar-refractivity contribution in [2.45, 2.75) is 29.6 Å². The van der Waals surface area contributed by atoms with Crippen LogP contribution < -0.4 is 5.32 Å². The molecular weight excluding hydrogens is 436 g/mol. The van der Waals surface area contributed by atoms with Crippen molar-refractivity contribution in [1.82, 2.24) is 14.5 Å². The van der Waals surface area contributed by atoms with E-state index < -0.39 is 15.9 Å². The van der Waals surface area contributed by atoms with E-state index in [1.54, 1.807) is 18.8 Å². The molecule has 2 aromatic carbocycles. The number of nitrogens with one attached hydrogen (secondary N) is 1. The summed E-state index contributed by atoms with van der Waals surface area (Å²) in [6.45, 7) is 2.45. The Labute approximate surface area is 186 Å². The zero-order valence-corrected chi connectivity index (χ0v) is 19.2. The number of unbranched alkanes of at least 4 members (excludes halogenated alkanes) is 1. The summed E-state index contributed by atoms with van der Waals surface area (Å²) < 4.78 is 32.0. The summed E-state index contributed by atoms with van der Waals surface area (Å²) in [4.78, 5) is 13.7. The van der Waals surface area contributed by atoms with Crippen LogP contribution in [0.15, 0.2) is 62.7 Å². The summed E-state index contributed by atoms with van der Waals surface area (Å²) in [5.41, 5.74) is 1.02. The highest BCUT2D eigenvalue weighted by atomic mass is 32.2. The molecule has 3 aromatic rings. The Hall–Kier alpha value is -2.69. The molecule has 10 heteroatoms. The van der Waals surface area contributed by atoms with Crippen LogP contribution in [0.2, 0.25) is 0 Å². The molecule has 1 aromatic heterocycles. The predicted octanol–water partition coefficient (Wildman–Crippen LogP) is 4.13. The number of anilines is 1. The van der Waals surface area contributed by atoms with Gasteiger partial charge in [0.25, 0.3) is 5.91 Å². The zero-order chi connectivity index (χ0) is 22.4. The van der Waals surface area contributed by atoms with E-state index in [-0.39, 0.29) is 16.5 Å². The number of nitrogens with zero attached hydrogens (tertiary/aromatic N) is 3. The zero-order valence-electron chi connectivity index (χ0n) is 17.5. The second kappa shape index (κ2) is 10.1. The monoisotopic (exact) mass is 460 g/mol. The minimum atomic E-state index is -3.59. The molecule has 1 amide bonds. The first-order valence-corrected chi connectivity index (χ1v) is 12.4. The molecule has 0 spiro atoms. The van der Waals surface area contributed by atoms with Crippen LogP contribution in [0, 0.1) is 0 Å². The van der Waals surface area contributed by atoms with Gasteiger partial charge in [-0.25, -0.2) is 12.7 Å². The molecule has 0 aliphatic heterocycles. The number of amides is 1. The molecule has 0 bridgehead atoms. The van der Waals surface area contributed by atoms with Gasteiger partial charge >= 0.3 is 6.01 Å². The quantitative estimate of drug-likeness (QED) is 0.479. The van der Waals surface area contributed by atoms with E-state index in [2.05, 4.69) is 15.5 Å². The van der Waals surface area contributed by atoms with Gasteiger partial charge in [-0.15, -0.1) is 16.9 Å². The first-order valence-electron chi connectivity index (χ1n) is 9.71. The van der Waals surface area contributed by atoms with E-state index in [9.17, 15) is 13.2 Å². The number of hydrogen-bond acceptors (Lipinski definition) is 7. The fourth-order valence-electron chi connectivity index (χ4n) is 2.75. The Bertz CT molecular complexity index is 1130. The summed E-state index contributed by atoms with van der Waals surface area (Å²) in [6, 6.07) is 13.3. The normalized spacial score (nSPS) is 11.6. The van der Waals surface area contributed by atoms with Crippen LogP contribution in [-0.4, -0.2) is 48.7 Å². The van der Waals surface area contributed by atoms with Crippen LogP contribution in [0.1, 0.15) is 30.1 Å². The standard InChI is InChI=1S/C21H24N4O4S2/c1-4-5-14-25(2)31(27,28)18-12-8-15(9-13-18)19(26)22-21-24-23-20(29-21)16-6-10-17(30-3)11-7-16/h6-13H,4-5,14H2,1-3H3,(H,22,24,26). The molecule has 0 aliphatic rings. The average Bonchev–Trinajstić information content (AvgIpc) is 3.25. The van der Waals surface area contributed by atoms with Crippen LogP contribution in [-0.2, 0) is 10.0 Å². The lowest BCUT2D eigenvalue weighted by Crippen LogP contribution is -2.28. The first kappa shape index (κ1) is 23.0. The lowest BCUT2D eigenvalue weighted by atomic mass is 10.2. The largest absolute Gasteiger partial charge is 0.403 e. The second-order valence-electron chi connectivity index (χ2n) is 6.80. The second-order valence-corrected chi connectivity index (χ2v) is 9.72. The summed E-state index contributed by atoms with van der Waals surface area (Å²) in [7, 11) is -2.04. The molecule has 0 radical (unpaired) electrons. The van der Waals surface area contributed by atoms with E-state index in [1.165, 1.54) is 28.6 Å². The Kier molecular flexibility index (Phi) is 7.47. The molecule has 0 fully saturated rings. The summed E-state index contributed by atoms with van der Waals surface area (Å²) in [5.74, 6) is -0.185. The topological polar surface area (TPSA) is 105 Å². The van der Waals surface area contributed by atoms with Gasteiger partial charge in [-0.3, -0.25) is 10.1 Å². The average molecular weight is 461 g/mol. The smallest absolute Gasteiger partial charge is 0.322 e. The minimum Gasteiger partial charge on any atom is -0.403 e. The maximum Gasteiger partial charge on any atom is 0.322 e. The number of aromatic nitrogens is 2. The number of sulfonamides is 1. The van der Waals surface area contributed by atoms with Crippen molar-refractivity contribution >= 4 is 33.7 Å². The Morgan fingerprint density at radius 1 is 1.10 bits per heavy atom. The van der Waals surface area contributed by atoms with E-state index in [0.717, 1.165) is 23.3 Å². The molecule has 0 unspecified atom stereocenters. The maximum absolute atomic E-state index is 12.6. The predicted molar refractivity (Wildman–Crippen MR) is 121 cm³/mol. The number of thioether (sulfide) groups is 1. The third kappa shape index (κ3) is 5.52. The van der Waals surface area contributed by atoms with Gasteiger partial charge in [-0.2, -0.15) is 0 Å². The molecule has 0 saturated heterocycles. The van der Waals surface area contributed by atoms with Gasteiger partial charge in [0.05, 0.1) is 4.90 Å². The van der Waals surface area contributed by atoms with Gasteiger partial charge in [0.2, 0.25) is 15.9 Å². The summed E-state index contributed by atoms with van der Waals surface area (Å²) >= 11 is 1.63. The van der Waals surface area contributed by atoms with E-state index in [1.807, 2.05) is 37.4 Å². The number of carbonyl (C=O) groups excluding carboxylic acids is 1. The van der Waals surface area contributed by atoms with Gasteiger partial charge in [-0.1, -0.05) is 18.4 Å². The van der Waals surface area contributed by atoms with E-state index in [0.29, 0.717) is 12.4 Å². The SMILES string of the molecule is CCCCN(C)S(=O)(=O)c1ccc(C(=O)Nc2nnc(-c3ccc(SC)cc3)o2)cc1. The minimum absolute atomic E-state index is 0.0371.